The SMILES string of the molecule is CN(C)S(=O)(=O)N[C@@H](Cc1ccccc1)C[C@@H](O)[C@H](Cc1ccccc1)NC(=O)O. The first-order valence-electron chi connectivity index (χ1n) is 9.62. The molecular formula is C21H29N3O5S. The number of hydrogen-bond donors (Lipinski definition) is 4. The molecule has 30 heavy (non-hydrogen) atoms. The summed E-state index contributed by atoms with van der Waals surface area (Å²) in [5.41, 5.74) is 1.77. The zero-order chi connectivity index (χ0) is 22.1. The second-order valence-corrected chi connectivity index (χ2v) is 9.26. The Morgan fingerprint density at radius 2 is 1.47 bits per heavy atom. The number of aliphatic hydroxyl groups excluding tert-OH is 1. The van der Waals surface area contributed by atoms with Crippen LogP contribution >= 0.6 is 0 Å². The van der Waals surface area contributed by atoms with Gasteiger partial charge in [-0.1, -0.05) is 60.7 Å². The maximum atomic E-state index is 12.4. The minimum atomic E-state index is -3.74. The van der Waals surface area contributed by atoms with E-state index in [0.29, 0.717) is 6.42 Å². The van der Waals surface area contributed by atoms with E-state index in [9.17, 15) is 23.4 Å². The van der Waals surface area contributed by atoms with E-state index < -0.39 is 34.5 Å². The van der Waals surface area contributed by atoms with E-state index in [1.807, 2.05) is 60.7 Å². The van der Waals surface area contributed by atoms with Gasteiger partial charge in [0.2, 0.25) is 0 Å². The number of rotatable bonds is 11. The number of nitrogens with zero attached hydrogens (tertiary/aromatic N) is 1. The van der Waals surface area contributed by atoms with Crippen molar-refractivity contribution in [2.45, 2.75) is 37.5 Å². The molecule has 0 unspecified atom stereocenters. The van der Waals surface area contributed by atoms with Crippen LogP contribution in [-0.2, 0) is 23.1 Å². The molecule has 0 spiro atoms. The maximum absolute atomic E-state index is 12.4. The maximum Gasteiger partial charge on any atom is 0.404 e. The zero-order valence-corrected chi connectivity index (χ0v) is 17.9. The quantitative estimate of drug-likeness (QED) is 0.428. The van der Waals surface area contributed by atoms with Crippen molar-refractivity contribution in [2.75, 3.05) is 14.1 Å². The first-order chi connectivity index (χ1) is 14.2. The van der Waals surface area contributed by atoms with Crippen molar-refractivity contribution < 1.29 is 23.4 Å². The monoisotopic (exact) mass is 435 g/mol. The van der Waals surface area contributed by atoms with Gasteiger partial charge in [-0.2, -0.15) is 17.4 Å². The van der Waals surface area contributed by atoms with Crippen LogP contribution in [0.2, 0.25) is 0 Å². The first-order valence-corrected chi connectivity index (χ1v) is 11.1. The van der Waals surface area contributed by atoms with Crippen molar-refractivity contribution in [3.63, 3.8) is 0 Å². The number of aliphatic hydroxyl groups is 1. The smallest absolute Gasteiger partial charge is 0.404 e. The Balaban J connectivity index is 2.19. The molecular weight excluding hydrogens is 406 g/mol. The lowest BCUT2D eigenvalue weighted by molar-refractivity contribution is 0.104. The summed E-state index contributed by atoms with van der Waals surface area (Å²) in [5.74, 6) is 0. The van der Waals surface area contributed by atoms with Crippen LogP contribution in [0.4, 0.5) is 4.79 Å². The number of amides is 1. The Kier molecular flexibility index (Phi) is 8.79. The van der Waals surface area contributed by atoms with Gasteiger partial charge in [0.1, 0.15) is 0 Å². The standard InChI is InChI=1S/C21H29N3O5S/c1-24(2)30(28,29)23-18(13-16-9-5-3-6-10-16)15-20(25)19(22-21(26)27)14-17-11-7-4-8-12-17/h3-12,18-20,22-23,25H,13-15H2,1-2H3,(H,26,27)/t18-,19-,20+/m0/s1. The summed E-state index contributed by atoms with van der Waals surface area (Å²) in [6.07, 6.45) is -1.66. The summed E-state index contributed by atoms with van der Waals surface area (Å²) in [4.78, 5) is 11.3. The average molecular weight is 436 g/mol. The Morgan fingerprint density at radius 3 is 1.93 bits per heavy atom. The second-order valence-electron chi connectivity index (χ2n) is 7.34. The number of benzene rings is 2. The average Bonchev–Trinajstić information content (AvgIpc) is 2.68. The Bertz CT molecular complexity index is 891. The van der Waals surface area contributed by atoms with E-state index in [2.05, 4.69) is 10.0 Å². The summed E-state index contributed by atoms with van der Waals surface area (Å²) in [5, 5.41) is 22.4. The van der Waals surface area contributed by atoms with Gasteiger partial charge in [0.25, 0.3) is 10.2 Å². The largest absolute Gasteiger partial charge is 0.465 e. The molecule has 0 aliphatic heterocycles. The Morgan fingerprint density at radius 1 is 0.967 bits per heavy atom. The van der Waals surface area contributed by atoms with Crippen LogP contribution < -0.4 is 10.0 Å². The highest BCUT2D eigenvalue weighted by atomic mass is 32.2. The number of nitrogens with one attached hydrogen (secondary N) is 2. The van der Waals surface area contributed by atoms with Crippen LogP contribution in [-0.4, -0.2) is 61.3 Å². The lowest BCUT2D eigenvalue weighted by atomic mass is 9.94. The topological polar surface area (TPSA) is 119 Å². The Labute approximate surface area is 177 Å². The van der Waals surface area contributed by atoms with Gasteiger partial charge in [-0.15, -0.1) is 0 Å². The third-order valence-electron chi connectivity index (χ3n) is 4.72. The normalized spacial score (nSPS) is 14.8. The van der Waals surface area contributed by atoms with Gasteiger partial charge < -0.3 is 15.5 Å². The second kappa shape index (κ2) is 11.1. The fourth-order valence-corrected chi connectivity index (χ4v) is 3.97. The van der Waals surface area contributed by atoms with Crippen molar-refractivity contribution in [3.8, 4) is 0 Å². The van der Waals surface area contributed by atoms with Crippen molar-refractivity contribution in [3.05, 3.63) is 71.8 Å². The van der Waals surface area contributed by atoms with Crippen molar-refractivity contribution in [1.82, 2.24) is 14.3 Å². The van der Waals surface area contributed by atoms with Gasteiger partial charge in [-0.05, 0) is 30.4 Å². The van der Waals surface area contributed by atoms with Gasteiger partial charge in [0, 0.05) is 20.1 Å². The molecule has 3 atom stereocenters. The predicted octanol–water partition coefficient (Wildman–Crippen LogP) is 1.62. The van der Waals surface area contributed by atoms with Gasteiger partial charge in [0.15, 0.2) is 0 Å². The summed E-state index contributed by atoms with van der Waals surface area (Å²) >= 11 is 0. The molecule has 0 heterocycles. The van der Waals surface area contributed by atoms with Crippen LogP contribution in [0.5, 0.6) is 0 Å². The highest BCUT2D eigenvalue weighted by Gasteiger charge is 2.28. The van der Waals surface area contributed by atoms with Crippen LogP contribution in [0.3, 0.4) is 0 Å². The molecule has 0 saturated heterocycles. The van der Waals surface area contributed by atoms with Crippen molar-refractivity contribution in [2.24, 2.45) is 0 Å². The number of hydrogen-bond acceptors (Lipinski definition) is 4. The van der Waals surface area contributed by atoms with E-state index in [4.69, 9.17) is 0 Å². The molecule has 1 amide bonds. The van der Waals surface area contributed by atoms with E-state index in [1.54, 1.807) is 0 Å². The van der Waals surface area contributed by atoms with Crippen LogP contribution in [0.15, 0.2) is 60.7 Å². The van der Waals surface area contributed by atoms with Gasteiger partial charge in [-0.25, -0.2) is 4.79 Å². The Hall–Kier alpha value is -2.46. The molecule has 9 heteroatoms. The summed E-state index contributed by atoms with van der Waals surface area (Å²) in [6, 6.07) is 17.1. The molecule has 0 radical (unpaired) electrons. The molecule has 4 N–H and O–H groups in total. The minimum Gasteiger partial charge on any atom is -0.465 e. The number of carbonyl (C=O) groups is 1. The van der Waals surface area contributed by atoms with Crippen LogP contribution in [0.25, 0.3) is 0 Å². The molecule has 2 aromatic carbocycles. The fourth-order valence-electron chi connectivity index (χ4n) is 3.15. The predicted molar refractivity (Wildman–Crippen MR) is 115 cm³/mol. The van der Waals surface area contributed by atoms with Gasteiger partial charge >= 0.3 is 6.09 Å². The van der Waals surface area contributed by atoms with E-state index >= 15 is 0 Å². The van der Waals surface area contributed by atoms with Crippen molar-refractivity contribution in [1.29, 1.82) is 0 Å². The number of carboxylic acid groups (broad SMARTS) is 1. The highest BCUT2D eigenvalue weighted by Crippen LogP contribution is 2.15. The van der Waals surface area contributed by atoms with E-state index in [-0.39, 0.29) is 12.8 Å². The molecule has 2 rings (SSSR count). The summed E-state index contributed by atoms with van der Waals surface area (Å²) in [6.45, 7) is 0. The first kappa shape index (κ1) is 23.8. The van der Waals surface area contributed by atoms with Crippen LogP contribution in [0.1, 0.15) is 17.5 Å². The third-order valence-corrected chi connectivity index (χ3v) is 6.31. The van der Waals surface area contributed by atoms with E-state index in [1.165, 1.54) is 14.1 Å². The molecule has 8 nitrogen and oxygen atoms in total. The lowest BCUT2D eigenvalue weighted by Gasteiger charge is -2.28. The molecule has 0 aliphatic rings. The molecule has 0 aromatic heterocycles. The molecule has 0 aliphatic carbocycles. The molecule has 0 bridgehead atoms. The van der Waals surface area contributed by atoms with E-state index in [0.717, 1.165) is 15.4 Å². The summed E-state index contributed by atoms with van der Waals surface area (Å²) in [7, 11) is -0.897. The minimum absolute atomic E-state index is 0.0414. The van der Waals surface area contributed by atoms with Gasteiger partial charge in [-0.3, -0.25) is 0 Å². The molecule has 2 aromatic rings. The molecule has 164 valence electrons. The fraction of sp³-hybridized carbons (Fsp3) is 0.381. The van der Waals surface area contributed by atoms with Crippen LogP contribution in [0, 0.1) is 0 Å². The highest BCUT2D eigenvalue weighted by molar-refractivity contribution is 7.87. The molecule has 0 saturated carbocycles. The summed E-state index contributed by atoms with van der Waals surface area (Å²) < 4.78 is 28.4. The van der Waals surface area contributed by atoms with Gasteiger partial charge in [0.05, 0.1) is 12.1 Å². The third kappa shape index (κ3) is 7.75. The lowest BCUT2D eigenvalue weighted by Crippen LogP contribution is -2.49. The van der Waals surface area contributed by atoms with Crippen molar-refractivity contribution >= 4 is 16.3 Å². The molecule has 0 fully saturated rings. The zero-order valence-electron chi connectivity index (χ0n) is 17.1.